The maximum atomic E-state index is 12.6. The number of hydrogen-bond donors (Lipinski definition) is 1. The van der Waals surface area contributed by atoms with Crippen LogP contribution in [0.1, 0.15) is 42.8 Å². The number of urea groups is 1. The minimum atomic E-state index is -0.0583. The molecule has 1 atom stereocenters. The van der Waals surface area contributed by atoms with Gasteiger partial charge in [-0.3, -0.25) is 0 Å². The van der Waals surface area contributed by atoms with Gasteiger partial charge in [0.15, 0.2) is 5.82 Å². The Labute approximate surface area is 148 Å². The second kappa shape index (κ2) is 7.55. The monoisotopic (exact) mass is 343 g/mol. The van der Waals surface area contributed by atoms with Gasteiger partial charge in [-0.25, -0.2) is 4.79 Å². The van der Waals surface area contributed by atoms with Gasteiger partial charge in [-0.1, -0.05) is 12.1 Å². The molecule has 0 aliphatic carbocycles. The van der Waals surface area contributed by atoms with E-state index in [1.807, 2.05) is 42.5 Å². The van der Waals surface area contributed by atoms with E-state index in [1.54, 1.807) is 6.33 Å². The number of aryl methyl sites for hydroxylation is 2. The van der Waals surface area contributed by atoms with Gasteiger partial charge in [0.05, 0.1) is 12.6 Å². The fraction of sp³-hybridized carbons (Fsp3) is 0.500. The molecule has 2 aromatic rings. The number of carbonyl (C=O) groups excluding carboxylic acids is 1. The quantitative estimate of drug-likeness (QED) is 0.906. The van der Waals surface area contributed by atoms with Crippen molar-refractivity contribution in [3.8, 4) is 5.75 Å². The highest BCUT2D eigenvalue weighted by Crippen LogP contribution is 2.30. The summed E-state index contributed by atoms with van der Waals surface area (Å²) in [6.07, 6.45) is 3.57. The minimum Gasteiger partial charge on any atom is -0.494 e. The Morgan fingerprint density at radius 3 is 2.96 bits per heavy atom. The van der Waals surface area contributed by atoms with Crippen LogP contribution < -0.4 is 10.1 Å². The first-order chi connectivity index (χ1) is 12.1. The van der Waals surface area contributed by atoms with Gasteiger partial charge in [-0.05, 0) is 43.9 Å². The highest BCUT2D eigenvalue weighted by molar-refractivity contribution is 5.75. The minimum absolute atomic E-state index is 0.00503. The van der Waals surface area contributed by atoms with E-state index in [9.17, 15) is 4.79 Å². The molecule has 1 aromatic carbocycles. The molecule has 2 heterocycles. The summed E-state index contributed by atoms with van der Waals surface area (Å²) < 4.78 is 7.44. The Morgan fingerprint density at radius 2 is 2.28 bits per heavy atom. The third-order valence-electron chi connectivity index (χ3n) is 4.54. The van der Waals surface area contributed by atoms with E-state index in [0.717, 1.165) is 42.1 Å². The third kappa shape index (κ3) is 3.75. The largest absolute Gasteiger partial charge is 0.494 e. The molecule has 1 fully saturated rings. The van der Waals surface area contributed by atoms with Crippen molar-refractivity contribution in [2.45, 2.75) is 39.3 Å². The van der Waals surface area contributed by atoms with Gasteiger partial charge in [0.2, 0.25) is 0 Å². The molecule has 1 aliphatic rings. The van der Waals surface area contributed by atoms with Gasteiger partial charge in [0.1, 0.15) is 12.1 Å². The van der Waals surface area contributed by atoms with Crippen molar-refractivity contribution in [2.75, 3.05) is 13.2 Å². The van der Waals surface area contributed by atoms with Crippen LogP contribution in [-0.2, 0) is 13.6 Å². The molecule has 0 saturated carbocycles. The molecule has 134 valence electrons. The standard InChI is InChI=1S/C18H25N5O2/c1-4-25-16-8-7-14(10-13(16)2)11-19-18(24)23-9-5-6-15(23)17-21-20-12-22(17)3/h7-8,10,12,15H,4-6,9,11H2,1-3H3,(H,19,24)/t15-/m0/s1. The fourth-order valence-electron chi connectivity index (χ4n) is 3.29. The third-order valence-corrected chi connectivity index (χ3v) is 4.54. The van der Waals surface area contributed by atoms with E-state index in [4.69, 9.17) is 4.74 Å². The summed E-state index contributed by atoms with van der Waals surface area (Å²) in [5.74, 6) is 1.73. The zero-order chi connectivity index (χ0) is 17.8. The molecule has 7 nitrogen and oxygen atoms in total. The maximum absolute atomic E-state index is 12.6. The molecule has 1 N–H and O–H groups in total. The number of benzene rings is 1. The Balaban J connectivity index is 1.62. The van der Waals surface area contributed by atoms with Crippen LogP contribution in [0, 0.1) is 6.92 Å². The number of ether oxygens (including phenoxy) is 1. The van der Waals surface area contributed by atoms with Gasteiger partial charge >= 0.3 is 6.03 Å². The van der Waals surface area contributed by atoms with Crippen molar-refractivity contribution >= 4 is 6.03 Å². The molecular formula is C18H25N5O2. The van der Waals surface area contributed by atoms with E-state index in [0.29, 0.717) is 13.2 Å². The Hall–Kier alpha value is -2.57. The molecule has 3 rings (SSSR count). The lowest BCUT2D eigenvalue weighted by Gasteiger charge is -2.24. The zero-order valence-corrected chi connectivity index (χ0v) is 15.0. The van der Waals surface area contributed by atoms with E-state index in [1.165, 1.54) is 0 Å². The Morgan fingerprint density at radius 1 is 1.44 bits per heavy atom. The number of amides is 2. The number of likely N-dealkylation sites (tertiary alicyclic amines) is 1. The van der Waals surface area contributed by atoms with E-state index in [-0.39, 0.29) is 12.1 Å². The van der Waals surface area contributed by atoms with Crippen LogP contribution >= 0.6 is 0 Å². The first kappa shape index (κ1) is 17.3. The van der Waals surface area contributed by atoms with Crippen molar-refractivity contribution in [2.24, 2.45) is 7.05 Å². The van der Waals surface area contributed by atoms with Gasteiger partial charge in [0, 0.05) is 20.1 Å². The number of nitrogens with zero attached hydrogens (tertiary/aromatic N) is 4. The highest BCUT2D eigenvalue weighted by Gasteiger charge is 2.32. The second-order valence-electron chi connectivity index (χ2n) is 6.34. The predicted octanol–water partition coefficient (Wildman–Crippen LogP) is 2.57. The lowest BCUT2D eigenvalue weighted by atomic mass is 10.1. The first-order valence-corrected chi connectivity index (χ1v) is 8.70. The zero-order valence-electron chi connectivity index (χ0n) is 15.0. The molecule has 1 saturated heterocycles. The molecule has 0 radical (unpaired) electrons. The van der Waals surface area contributed by atoms with Crippen molar-refractivity contribution in [1.29, 1.82) is 0 Å². The van der Waals surface area contributed by atoms with Gasteiger partial charge in [0.25, 0.3) is 0 Å². The van der Waals surface area contributed by atoms with Gasteiger partial charge < -0.3 is 19.5 Å². The van der Waals surface area contributed by atoms with Crippen LogP contribution in [0.15, 0.2) is 24.5 Å². The van der Waals surface area contributed by atoms with Crippen LogP contribution in [0.2, 0.25) is 0 Å². The molecule has 0 bridgehead atoms. The number of carbonyl (C=O) groups is 1. The first-order valence-electron chi connectivity index (χ1n) is 8.70. The van der Waals surface area contributed by atoms with Crippen molar-refractivity contribution in [1.82, 2.24) is 25.0 Å². The van der Waals surface area contributed by atoms with Crippen LogP contribution in [-0.4, -0.2) is 38.8 Å². The number of aromatic nitrogens is 3. The van der Waals surface area contributed by atoms with E-state index in [2.05, 4.69) is 21.6 Å². The van der Waals surface area contributed by atoms with Crippen molar-refractivity contribution in [3.63, 3.8) is 0 Å². The summed E-state index contributed by atoms with van der Waals surface area (Å²) in [4.78, 5) is 14.5. The van der Waals surface area contributed by atoms with E-state index < -0.39 is 0 Å². The smallest absolute Gasteiger partial charge is 0.318 e. The van der Waals surface area contributed by atoms with Crippen LogP contribution in [0.5, 0.6) is 5.75 Å². The normalized spacial score (nSPS) is 16.9. The Bertz CT molecular complexity index is 743. The summed E-state index contributed by atoms with van der Waals surface area (Å²) in [5.41, 5.74) is 2.13. The summed E-state index contributed by atoms with van der Waals surface area (Å²) in [5, 5.41) is 11.1. The van der Waals surface area contributed by atoms with E-state index >= 15 is 0 Å². The summed E-state index contributed by atoms with van der Waals surface area (Å²) in [6.45, 7) is 5.87. The molecule has 1 aromatic heterocycles. The lowest BCUT2D eigenvalue weighted by molar-refractivity contribution is 0.189. The van der Waals surface area contributed by atoms with Crippen molar-refractivity contribution < 1.29 is 9.53 Å². The average molecular weight is 343 g/mol. The van der Waals surface area contributed by atoms with Gasteiger partial charge in [-0.2, -0.15) is 0 Å². The summed E-state index contributed by atoms with van der Waals surface area (Å²) >= 11 is 0. The number of nitrogens with one attached hydrogen (secondary N) is 1. The van der Waals surface area contributed by atoms with Crippen LogP contribution in [0.4, 0.5) is 4.79 Å². The molecule has 25 heavy (non-hydrogen) atoms. The molecular weight excluding hydrogens is 318 g/mol. The second-order valence-corrected chi connectivity index (χ2v) is 6.34. The maximum Gasteiger partial charge on any atom is 0.318 e. The van der Waals surface area contributed by atoms with Crippen LogP contribution in [0.3, 0.4) is 0 Å². The summed E-state index contributed by atoms with van der Waals surface area (Å²) in [7, 11) is 1.91. The molecule has 2 amide bonds. The highest BCUT2D eigenvalue weighted by atomic mass is 16.5. The number of rotatable bonds is 5. The summed E-state index contributed by atoms with van der Waals surface area (Å²) in [6, 6.07) is 5.93. The topological polar surface area (TPSA) is 72.3 Å². The van der Waals surface area contributed by atoms with Crippen LogP contribution in [0.25, 0.3) is 0 Å². The average Bonchev–Trinajstić information content (AvgIpc) is 3.23. The molecule has 7 heteroatoms. The predicted molar refractivity (Wildman–Crippen MR) is 94.3 cm³/mol. The van der Waals surface area contributed by atoms with Gasteiger partial charge in [-0.15, -0.1) is 10.2 Å². The van der Waals surface area contributed by atoms with Crippen molar-refractivity contribution in [3.05, 3.63) is 41.5 Å². The lowest BCUT2D eigenvalue weighted by Crippen LogP contribution is -2.39. The fourth-order valence-corrected chi connectivity index (χ4v) is 3.29. The Kier molecular flexibility index (Phi) is 5.21. The SMILES string of the molecule is CCOc1ccc(CNC(=O)N2CCC[C@H]2c2nncn2C)cc1C. The number of hydrogen-bond acceptors (Lipinski definition) is 4. The molecule has 1 aliphatic heterocycles. The molecule has 0 spiro atoms. The molecule has 0 unspecified atom stereocenters.